The number of benzene rings is 1. The van der Waals surface area contributed by atoms with E-state index in [1.54, 1.807) is 17.0 Å². The van der Waals surface area contributed by atoms with Gasteiger partial charge in [-0.1, -0.05) is 6.07 Å². The summed E-state index contributed by atoms with van der Waals surface area (Å²) in [5, 5.41) is 12.7. The predicted molar refractivity (Wildman–Crippen MR) is 119 cm³/mol. The Balaban J connectivity index is 1.44. The lowest BCUT2D eigenvalue weighted by Gasteiger charge is -2.16. The highest BCUT2D eigenvalue weighted by Crippen LogP contribution is 2.38. The smallest absolute Gasteiger partial charge is 0.333 e. The normalized spacial score (nSPS) is 15.3. The fraction of sp³-hybridized carbons (Fsp3) is 0.455. The lowest BCUT2D eigenvalue weighted by Crippen LogP contribution is -2.33. The minimum atomic E-state index is -3.98. The first kappa shape index (κ1) is 21.6. The molecule has 0 saturated heterocycles. The maximum Gasteiger partial charge on any atom is 0.333 e. The summed E-state index contributed by atoms with van der Waals surface area (Å²) in [5.41, 5.74) is 5.64. The molecule has 1 aromatic heterocycles. The van der Waals surface area contributed by atoms with Gasteiger partial charge in [0.1, 0.15) is 5.82 Å². The van der Waals surface area contributed by atoms with Crippen molar-refractivity contribution in [2.24, 2.45) is 0 Å². The molecule has 3 N–H and O–H groups in total. The molecule has 166 valence electrons. The number of nitrogens with zero attached hydrogens (tertiary/aromatic N) is 2. The maximum absolute atomic E-state index is 12.6. The van der Waals surface area contributed by atoms with E-state index >= 15 is 0 Å². The Hall–Kier alpha value is -2.65. The monoisotopic (exact) mass is 444 g/mol. The quantitative estimate of drug-likeness (QED) is 0.542. The number of aliphatic hydroxyl groups excluding tert-OH is 1. The van der Waals surface area contributed by atoms with Gasteiger partial charge in [-0.3, -0.25) is 0 Å². The zero-order valence-electron chi connectivity index (χ0n) is 17.4. The van der Waals surface area contributed by atoms with E-state index in [-0.39, 0.29) is 6.61 Å². The molecule has 31 heavy (non-hydrogen) atoms. The topological polar surface area (TPSA) is 113 Å². The van der Waals surface area contributed by atoms with Gasteiger partial charge in [0, 0.05) is 31.2 Å². The van der Waals surface area contributed by atoms with Crippen molar-refractivity contribution in [1.82, 2.24) is 14.3 Å². The van der Waals surface area contributed by atoms with Gasteiger partial charge in [-0.15, -0.1) is 0 Å². The van der Waals surface area contributed by atoms with Crippen LogP contribution in [-0.4, -0.2) is 35.7 Å². The Morgan fingerprint density at radius 1 is 1.13 bits per heavy atom. The van der Waals surface area contributed by atoms with Gasteiger partial charge >= 0.3 is 6.03 Å². The number of aliphatic hydroxyl groups is 1. The molecule has 9 heteroatoms. The van der Waals surface area contributed by atoms with E-state index < -0.39 is 16.1 Å². The number of rotatable bonds is 8. The summed E-state index contributed by atoms with van der Waals surface area (Å²) < 4.78 is 28.8. The number of aryl methyl sites for hydroxylation is 3. The number of fused-ring (bicyclic) bond motifs is 2. The van der Waals surface area contributed by atoms with Gasteiger partial charge in [-0.05, 0) is 79.7 Å². The Kier molecular flexibility index (Phi) is 6.43. The van der Waals surface area contributed by atoms with Gasteiger partial charge in [-0.25, -0.2) is 22.9 Å². The second-order valence-corrected chi connectivity index (χ2v) is 9.61. The van der Waals surface area contributed by atoms with Gasteiger partial charge in [0.25, 0.3) is 10.0 Å². The van der Waals surface area contributed by atoms with E-state index in [0.717, 1.165) is 67.2 Å². The van der Waals surface area contributed by atoms with Crippen LogP contribution in [0.25, 0.3) is 6.08 Å². The Labute approximate surface area is 182 Å². The zero-order valence-corrected chi connectivity index (χ0v) is 18.2. The molecule has 1 heterocycles. The fourth-order valence-corrected chi connectivity index (χ4v) is 5.16. The van der Waals surface area contributed by atoms with E-state index in [0.29, 0.717) is 18.8 Å². The summed E-state index contributed by atoms with van der Waals surface area (Å²) in [6.07, 6.45) is 12.1. The molecule has 2 aliphatic rings. The Morgan fingerprint density at radius 3 is 2.52 bits per heavy atom. The standard InChI is InChI=1S/C22H28N4O4S/c27-13-2-1-11-26-12-10-23-20(26)9-14-31(29,30)25-22(28)24-21-18-7-3-5-16(18)15-17-6-4-8-19(17)21/h9-10,12,14-15,27H,1-8,11,13H2,(H2,24,25,28)/b14-9+. The van der Waals surface area contributed by atoms with Crippen LogP contribution >= 0.6 is 0 Å². The van der Waals surface area contributed by atoms with E-state index in [2.05, 4.69) is 21.1 Å². The predicted octanol–water partition coefficient (Wildman–Crippen LogP) is 2.76. The van der Waals surface area contributed by atoms with Gasteiger partial charge in [-0.2, -0.15) is 0 Å². The largest absolute Gasteiger partial charge is 0.396 e. The first-order valence-electron chi connectivity index (χ1n) is 10.8. The second kappa shape index (κ2) is 9.23. The van der Waals surface area contributed by atoms with Crippen molar-refractivity contribution in [3.8, 4) is 0 Å². The van der Waals surface area contributed by atoms with Crippen molar-refractivity contribution < 1.29 is 18.3 Å². The van der Waals surface area contributed by atoms with Gasteiger partial charge in [0.05, 0.1) is 5.41 Å². The van der Waals surface area contributed by atoms with Crippen LogP contribution in [0.5, 0.6) is 0 Å². The van der Waals surface area contributed by atoms with Crippen LogP contribution < -0.4 is 10.0 Å². The fourth-order valence-electron chi connectivity index (χ4n) is 4.48. The number of urea groups is 1. The van der Waals surface area contributed by atoms with Crippen LogP contribution in [0.4, 0.5) is 10.5 Å². The molecule has 1 aromatic carbocycles. The summed E-state index contributed by atoms with van der Waals surface area (Å²) in [7, 11) is -3.98. The molecule has 2 amide bonds. The summed E-state index contributed by atoms with van der Waals surface area (Å²) in [5.74, 6) is 0.474. The number of amides is 2. The van der Waals surface area contributed by atoms with Crippen LogP contribution in [0.3, 0.4) is 0 Å². The van der Waals surface area contributed by atoms with Crippen LogP contribution in [0.15, 0.2) is 23.9 Å². The number of carbonyl (C=O) groups is 1. The van der Waals surface area contributed by atoms with E-state index in [1.165, 1.54) is 17.2 Å². The number of nitrogens with one attached hydrogen (secondary N) is 2. The number of aromatic nitrogens is 2. The number of sulfonamides is 1. The molecule has 2 aliphatic carbocycles. The molecule has 4 rings (SSSR count). The van der Waals surface area contributed by atoms with Gasteiger partial charge in [0.15, 0.2) is 0 Å². The first-order valence-corrected chi connectivity index (χ1v) is 12.3. The van der Waals surface area contributed by atoms with Crippen molar-refractivity contribution in [1.29, 1.82) is 0 Å². The SMILES string of the molecule is O=C(Nc1c2c(cc3c1CCC3)CCC2)NS(=O)(=O)/C=C/c1nccn1CCCCO. The molecule has 0 spiro atoms. The number of anilines is 1. The third-order valence-electron chi connectivity index (χ3n) is 5.90. The van der Waals surface area contributed by atoms with Crippen LogP contribution in [0, 0.1) is 0 Å². The molecule has 0 unspecified atom stereocenters. The number of imidazole rings is 1. The zero-order chi connectivity index (χ0) is 21.8. The van der Waals surface area contributed by atoms with Crippen LogP contribution in [0.1, 0.15) is 53.8 Å². The molecular formula is C22H28N4O4S. The molecule has 0 fully saturated rings. The third kappa shape index (κ3) is 4.99. The van der Waals surface area contributed by atoms with E-state index in [4.69, 9.17) is 5.11 Å². The second-order valence-electron chi connectivity index (χ2n) is 8.05. The maximum atomic E-state index is 12.6. The minimum absolute atomic E-state index is 0.112. The minimum Gasteiger partial charge on any atom is -0.396 e. The highest BCUT2D eigenvalue weighted by molar-refractivity contribution is 7.93. The molecule has 0 aliphatic heterocycles. The third-order valence-corrected chi connectivity index (χ3v) is 6.86. The molecular weight excluding hydrogens is 416 g/mol. The molecule has 0 radical (unpaired) electrons. The Morgan fingerprint density at radius 2 is 1.84 bits per heavy atom. The molecule has 8 nitrogen and oxygen atoms in total. The Bertz CT molecular complexity index is 1070. The number of hydrogen-bond acceptors (Lipinski definition) is 5. The summed E-state index contributed by atoms with van der Waals surface area (Å²) in [6.45, 7) is 0.736. The summed E-state index contributed by atoms with van der Waals surface area (Å²) in [4.78, 5) is 16.7. The van der Waals surface area contributed by atoms with E-state index in [1.807, 2.05) is 0 Å². The lowest BCUT2D eigenvalue weighted by molar-refractivity contribution is 0.256. The van der Waals surface area contributed by atoms with Crippen LogP contribution in [-0.2, 0) is 42.3 Å². The number of carbonyl (C=O) groups excluding carboxylic acids is 1. The highest BCUT2D eigenvalue weighted by atomic mass is 32.2. The van der Waals surface area contributed by atoms with Gasteiger partial charge in [0.2, 0.25) is 0 Å². The molecule has 2 aromatic rings. The molecule has 0 bridgehead atoms. The first-order chi connectivity index (χ1) is 15.0. The summed E-state index contributed by atoms with van der Waals surface area (Å²) >= 11 is 0. The van der Waals surface area contributed by atoms with Crippen molar-refractivity contribution in [2.75, 3.05) is 11.9 Å². The summed E-state index contributed by atoms with van der Waals surface area (Å²) in [6, 6.07) is 1.51. The number of hydrogen-bond donors (Lipinski definition) is 3. The van der Waals surface area contributed by atoms with Crippen molar-refractivity contribution in [3.63, 3.8) is 0 Å². The number of unbranched alkanes of at least 4 members (excludes halogenated alkanes) is 1. The molecule has 0 saturated carbocycles. The lowest BCUT2D eigenvalue weighted by atomic mass is 9.99. The van der Waals surface area contributed by atoms with E-state index in [9.17, 15) is 13.2 Å². The average molecular weight is 445 g/mol. The highest BCUT2D eigenvalue weighted by Gasteiger charge is 2.25. The van der Waals surface area contributed by atoms with Crippen LogP contribution in [0.2, 0.25) is 0 Å². The average Bonchev–Trinajstić information content (AvgIpc) is 3.46. The van der Waals surface area contributed by atoms with Crippen molar-refractivity contribution >= 4 is 27.8 Å². The molecule has 0 atom stereocenters. The van der Waals surface area contributed by atoms with Crippen molar-refractivity contribution in [3.05, 3.63) is 51.9 Å². The van der Waals surface area contributed by atoms with Crippen molar-refractivity contribution in [2.45, 2.75) is 57.9 Å². The van der Waals surface area contributed by atoms with Gasteiger partial charge < -0.3 is 15.0 Å².